The molecule has 8 heteroatoms. The number of ether oxygens (including phenoxy) is 1. The molecule has 8 nitrogen and oxygen atoms in total. The molecule has 0 aliphatic rings. The van der Waals surface area contributed by atoms with E-state index in [1.165, 1.54) is 0 Å². The molecular weight excluding hydrogens is 416 g/mol. The van der Waals surface area contributed by atoms with E-state index in [0.717, 1.165) is 39.9 Å². The summed E-state index contributed by atoms with van der Waals surface area (Å²) in [5, 5.41) is 20.7. The number of aromatic nitrogens is 4. The van der Waals surface area contributed by atoms with E-state index in [0.29, 0.717) is 13.0 Å². The van der Waals surface area contributed by atoms with Crippen molar-refractivity contribution in [2.75, 3.05) is 13.7 Å². The van der Waals surface area contributed by atoms with Crippen LogP contribution in [0.25, 0.3) is 17.4 Å². The van der Waals surface area contributed by atoms with Crippen molar-refractivity contribution in [1.29, 1.82) is 5.26 Å². The van der Waals surface area contributed by atoms with Crippen LogP contribution in [0.1, 0.15) is 22.8 Å². The highest BCUT2D eigenvalue weighted by Crippen LogP contribution is 2.24. The van der Waals surface area contributed by atoms with Crippen LogP contribution in [0.5, 0.6) is 5.75 Å². The van der Waals surface area contributed by atoms with Crippen LogP contribution in [0, 0.1) is 25.2 Å². The van der Waals surface area contributed by atoms with Gasteiger partial charge in [-0.1, -0.05) is 6.07 Å². The van der Waals surface area contributed by atoms with Gasteiger partial charge in [0.2, 0.25) is 0 Å². The number of fused-ring (bicyclic) bond motifs is 1. The lowest BCUT2D eigenvalue weighted by Gasteiger charge is -2.10. The van der Waals surface area contributed by atoms with Gasteiger partial charge in [0.25, 0.3) is 5.91 Å². The van der Waals surface area contributed by atoms with Crippen molar-refractivity contribution in [2.45, 2.75) is 20.3 Å². The van der Waals surface area contributed by atoms with Gasteiger partial charge in [-0.3, -0.25) is 9.20 Å². The smallest absolute Gasteiger partial charge is 0.261 e. The predicted octanol–water partition coefficient (Wildman–Crippen LogP) is 3.41. The van der Waals surface area contributed by atoms with Crippen LogP contribution < -0.4 is 10.1 Å². The molecular formula is C25H24N6O2. The quantitative estimate of drug-likeness (QED) is 0.351. The Morgan fingerprint density at radius 2 is 1.97 bits per heavy atom. The third-order valence-corrected chi connectivity index (χ3v) is 5.48. The summed E-state index contributed by atoms with van der Waals surface area (Å²) < 4.78 is 9.19. The largest absolute Gasteiger partial charge is 0.497 e. The number of aryl methyl sites for hydroxylation is 1. The fourth-order valence-electron chi connectivity index (χ4n) is 3.81. The van der Waals surface area contributed by atoms with E-state index in [1.807, 2.05) is 79.0 Å². The second-order valence-electron chi connectivity index (χ2n) is 7.58. The van der Waals surface area contributed by atoms with Crippen molar-refractivity contribution in [3.05, 3.63) is 83.1 Å². The molecule has 0 saturated heterocycles. The van der Waals surface area contributed by atoms with Crippen LogP contribution in [0.4, 0.5) is 0 Å². The van der Waals surface area contributed by atoms with Crippen LogP contribution >= 0.6 is 0 Å². The molecule has 0 radical (unpaired) electrons. The van der Waals surface area contributed by atoms with Gasteiger partial charge in [-0.05, 0) is 68.0 Å². The minimum absolute atomic E-state index is 0.0519. The summed E-state index contributed by atoms with van der Waals surface area (Å²) in [7, 11) is 1.63. The highest BCUT2D eigenvalue weighted by molar-refractivity contribution is 6.01. The zero-order valence-electron chi connectivity index (χ0n) is 18.7. The van der Waals surface area contributed by atoms with Crippen LogP contribution in [0.3, 0.4) is 0 Å². The Morgan fingerprint density at radius 1 is 1.18 bits per heavy atom. The molecule has 4 aromatic rings. The maximum atomic E-state index is 12.6. The zero-order chi connectivity index (χ0) is 23.4. The minimum atomic E-state index is -0.416. The third-order valence-electron chi connectivity index (χ3n) is 5.48. The Hall–Kier alpha value is -4.38. The zero-order valence-corrected chi connectivity index (χ0v) is 18.7. The maximum absolute atomic E-state index is 12.6. The Morgan fingerprint density at radius 3 is 2.70 bits per heavy atom. The Labute approximate surface area is 191 Å². The van der Waals surface area contributed by atoms with Crippen LogP contribution in [-0.4, -0.2) is 38.7 Å². The van der Waals surface area contributed by atoms with Gasteiger partial charge in [0.1, 0.15) is 23.2 Å². The normalized spacial score (nSPS) is 11.4. The van der Waals surface area contributed by atoms with Crippen molar-refractivity contribution in [3.63, 3.8) is 0 Å². The number of hydrogen-bond acceptors (Lipinski definition) is 5. The molecule has 0 fully saturated rings. The van der Waals surface area contributed by atoms with Crippen molar-refractivity contribution in [2.24, 2.45) is 0 Å². The van der Waals surface area contributed by atoms with Crippen molar-refractivity contribution < 1.29 is 9.53 Å². The van der Waals surface area contributed by atoms with E-state index in [-0.39, 0.29) is 5.57 Å². The highest BCUT2D eigenvalue weighted by atomic mass is 16.5. The lowest BCUT2D eigenvalue weighted by molar-refractivity contribution is -0.117. The lowest BCUT2D eigenvalue weighted by atomic mass is 10.1. The lowest BCUT2D eigenvalue weighted by Crippen LogP contribution is -2.27. The molecule has 4 rings (SSSR count). The molecule has 1 amide bonds. The van der Waals surface area contributed by atoms with Gasteiger partial charge in [0.05, 0.1) is 7.11 Å². The van der Waals surface area contributed by atoms with Gasteiger partial charge in [0.15, 0.2) is 5.65 Å². The fraction of sp³-hybridized carbons (Fsp3) is 0.200. The van der Waals surface area contributed by atoms with Crippen molar-refractivity contribution in [1.82, 2.24) is 24.5 Å². The highest BCUT2D eigenvalue weighted by Gasteiger charge is 2.14. The number of carbonyl (C=O) groups excluding carboxylic acids is 1. The van der Waals surface area contributed by atoms with E-state index in [4.69, 9.17) is 4.74 Å². The molecule has 0 bridgehead atoms. The summed E-state index contributed by atoms with van der Waals surface area (Å²) in [4.78, 5) is 12.6. The van der Waals surface area contributed by atoms with E-state index < -0.39 is 5.91 Å². The number of benzene rings is 1. The number of rotatable bonds is 7. The molecule has 3 heterocycles. The average molecular weight is 441 g/mol. The summed E-state index contributed by atoms with van der Waals surface area (Å²) in [6, 6.07) is 17.4. The summed E-state index contributed by atoms with van der Waals surface area (Å²) in [6.45, 7) is 4.30. The first-order chi connectivity index (χ1) is 16.0. The molecule has 0 saturated carbocycles. The second-order valence-corrected chi connectivity index (χ2v) is 7.58. The number of nitrogens with one attached hydrogen (secondary N) is 1. The van der Waals surface area contributed by atoms with Gasteiger partial charge < -0.3 is 14.6 Å². The summed E-state index contributed by atoms with van der Waals surface area (Å²) >= 11 is 0. The first-order valence-corrected chi connectivity index (χ1v) is 10.5. The first-order valence-electron chi connectivity index (χ1n) is 10.5. The summed E-state index contributed by atoms with van der Waals surface area (Å²) in [5.74, 6) is 1.11. The number of pyridine rings is 1. The molecule has 0 spiro atoms. The van der Waals surface area contributed by atoms with Gasteiger partial charge in [-0.25, -0.2) is 0 Å². The standard InChI is InChI=1S/C25H24N6O2/c1-17-14-19(18(2)31(17)21-7-9-22(33-3)10-8-21)15-20(16-26)25(32)27-12-11-24-29-28-23-6-4-5-13-30(23)24/h4-10,13-15H,11-12H2,1-3H3,(H,27,32)/b20-15+. The number of nitriles is 1. The summed E-state index contributed by atoms with van der Waals surface area (Å²) in [5.41, 5.74) is 4.54. The molecule has 166 valence electrons. The number of amides is 1. The number of nitrogens with zero attached hydrogens (tertiary/aromatic N) is 5. The minimum Gasteiger partial charge on any atom is -0.497 e. The van der Waals surface area contributed by atoms with Gasteiger partial charge in [-0.2, -0.15) is 5.26 Å². The molecule has 3 aromatic heterocycles. The second kappa shape index (κ2) is 9.40. The molecule has 0 unspecified atom stereocenters. The molecule has 0 aliphatic carbocycles. The van der Waals surface area contributed by atoms with E-state index >= 15 is 0 Å². The first kappa shape index (κ1) is 21.8. The third kappa shape index (κ3) is 4.48. The average Bonchev–Trinajstić information content (AvgIpc) is 3.37. The summed E-state index contributed by atoms with van der Waals surface area (Å²) in [6.07, 6.45) is 4.01. The SMILES string of the molecule is COc1ccc(-n2c(C)cc(/C=C(\C#N)C(=O)NCCc3nnc4ccccn34)c2C)cc1. The topological polar surface area (TPSA) is 97.2 Å². The number of hydrogen-bond donors (Lipinski definition) is 1. The van der Waals surface area contributed by atoms with E-state index in [1.54, 1.807) is 13.2 Å². The molecule has 1 aromatic carbocycles. The Balaban J connectivity index is 1.48. The van der Waals surface area contributed by atoms with Crippen molar-refractivity contribution >= 4 is 17.6 Å². The van der Waals surface area contributed by atoms with Crippen molar-refractivity contribution in [3.8, 4) is 17.5 Å². The Kier molecular flexibility index (Phi) is 6.22. The van der Waals surface area contributed by atoms with Crippen LogP contribution in [0.15, 0.2) is 60.3 Å². The van der Waals surface area contributed by atoms with Gasteiger partial charge in [0, 0.05) is 36.2 Å². The van der Waals surface area contributed by atoms with Crippen LogP contribution in [-0.2, 0) is 11.2 Å². The fourth-order valence-corrected chi connectivity index (χ4v) is 3.81. The number of methoxy groups -OCH3 is 1. The molecule has 0 aliphatic heterocycles. The van der Waals surface area contributed by atoms with Crippen LogP contribution in [0.2, 0.25) is 0 Å². The predicted molar refractivity (Wildman–Crippen MR) is 125 cm³/mol. The monoisotopic (exact) mass is 440 g/mol. The van der Waals surface area contributed by atoms with E-state index in [2.05, 4.69) is 20.1 Å². The molecule has 33 heavy (non-hydrogen) atoms. The maximum Gasteiger partial charge on any atom is 0.261 e. The van der Waals surface area contributed by atoms with Gasteiger partial charge in [-0.15, -0.1) is 10.2 Å². The Bertz CT molecular complexity index is 1370. The molecule has 1 N–H and O–H groups in total. The van der Waals surface area contributed by atoms with Gasteiger partial charge >= 0.3 is 0 Å². The number of carbonyl (C=O) groups is 1. The molecule has 0 atom stereocenters. The van der Waals surface area contributed by atoms with E-state index in [9.17, 15) is 10.1 Å².